The molecule has 39 heavy (non-hydrogen) atoms. The summed E-state index contributed by atoms with van der Waals surface area (Å²) in [6.07, 6.45) is 1.18. The van der Waals surface area contributed by atoms with E-state index in [2.05, 4.69) is 26.1 Å². The largest absolute Gasteiger partial charge is 0.497 e. The van der Waals surface area contributed by atoms with Gasteiger partial charge in [0.05, 0.1) is 7.11 Å². The molecule has 6 nitrogen and oxygen atoms in total. The summed E-state index contributed by atoms with van der Waals surface area (Å²) in [5.74, 6) is 0.920. The quantitative estimate of drug-likeness (QED) is 0.315. The highest BCUT2D eigenvalue weighted by Gasteiger charge is 2.31. The zero-order valence-electron chi connectivity index (χ0n) is 24.1. The Bertz CT molecular complexity index is 1220. The van der Waals surface area contributed by atoms with Crippen molar-refractivity contribution in [1.29, 1.82) is 0 Å². The summed E-state index contributed by atoms with van der Waals surface area (Å²) in [4.78, 5) is 29.2. The lowest BCUT2D eigenvalue weighted by atomic mass is 9.86. The fraction of sp³-hybridized carbons (Fsp3) is 0.394. The van der Waals surface area contributed by atoms with E-state index in [0.717, 1.165) is 23.1 Å². The Morgan fingerprint density at radius 3 is 2.26 bits per heavy atom. The molecule has 0 radical (unpaired) electrons. The summed E-state index contributed by atoms with van der Waals surface area (Å²) in [5.41, 5.74) is 2.72. The van der Waals surface area contributed by atoms with Gasteiger partial charge in [0, 0.05) is 19.0 Å². The number of hydrogen-bond donors (Lipinski definition) is 1. The molecule has 2 atom stereocenters. The monoisotopic (exact) mass is 530 g/mol. The molecule has 2 amide bonds. The van der Waals surface area contributed by atoms with E-state index in [-0.39, 0.29) is 36.4 Å². The van der Waals surface area contributed by atoms with Crippen molar-refractivity contribution in [2.24, 2.45) is 0 Å². The molecule has 3 rings (SSSR count). The predicted molar refractivity (Wildman–Crippen MR) is 156 cm³/mol. The van der Waals surface area contributed by atoms with Crippen molar-refractivity contribution < 1.29 is 19.1 Å². The van der Waals surface area contributed by atoms with Gasteiger partial charge in [-0.1, -0.05) is 88.4 Å². The summed E-state index contributed by atoms with van der Waals surface area (Å²) < 4.78 is 11.5. The van der Waals surface area contributed by atoms with Crippen LogP contribution in [0, 0.1) is 0 Å². The maximum Gasteiger partial charge on any atom is 0.261 e. The Balaban J connectivity index is 1.96. The fourth-order valence-electron chi connectivity index (χ4n) is 4.40. The van der Waals surface area contributed by atoms with Crippen molar-refractivity contribution in [3.8, 4) is 11.5 Å². The third kappa shape index (κ3) is 8.60. The molecule has 3 aromatic carbocycles. The van der Waals surface area contributed by atoms with Crippen molar-refractivity contribution in [1.82, 2.24) is 10.2 Å². The molecule has 0 spiro atoms. The summed E-state index contributed by atoms with van der Waals surface area (Å²) in [7, 11) is 1.61. The van der Waals surface area contributed by atoms with Gasteiger partial charge in [-0.15, -0.1) is 0 Å². The van der Waals surface area contributed by atoms with Crippen LogP contribution in [0.2, 0.25) is 0 Å². The first-order valence-corrected chi connectivity index (χ1v) is 13.6. The van der Waals surface area contributed by atoms with Gasteiger partial charge in [0.25, 0.3) is 5.91 Å². The van der Waals surface area contributed by atoms with E-state index in [1.165, 1.54) is 0 Å². The number of carbonyl (C=O) groups excluding carboxylic acids is 2. The maximum atomic E-state index is 13.9. The van der Waals surface area contributed by atoms with Gasteiger partial charge >= 0.3 is 0 Å². The maximum absolute atomic E-state index is 13.9. The standard InChI is InChI=1S/C33H42N2O4/c1-7-24(2)34-32(37)29(21-25-14-9-8-10-15-25)35(22-26-16-13-17-27(20-26)38-6)31(36)23-39-30-19-12-11-18-28(30)33(3,4)5/h8-20,24,29H,7,21-23H2,1-6H3,(H,34,37)/t24-,29-/m0/s1. The zero-order valence-corrected chi connectivity index (χ0v) is 24.1. The number of benzene rings is 3. The molecule has 0 saturated heterocycles. The molecule has 0 aromatic heterocycles. The Hall–Kier alpha value is -3.80. The number of carbonyl (C=O) groups is 2. The number of amides is 2. The van der Waals surface area contributed by atoms with Gasteiger partial charge in [0.1, 0.15) is 17.5 Å². The number of methoxy groups -OCH3 is 1. The molecule has 6 heteroatoms. The molecule has 3 aromatic rings. The first-order chi connectivity index (χ1) is 18.6. The lowest BCUT2D eigenvalue weighted by molar-refractivity contribution is -0.143. The number of ether oxygens (including phenoxy) is 2. The van der Waals surface area contributed by atoms with Gasteiger partial charge in [-0.05, 0) is 53.6 Å². The Labute approximate surface area is 233 Å². The first kappa shape index (κ1) is 29.8. The van der Waals surface area contributed by atoms with Gasteiger partial charge in [0.15, 0.2) is 6.61 Å². The normalized spacial score (nSPS) is 12.8. The molecule has 0 bridgehead atoms. The van der Waals surface area contributed by atoms with Crippen LogP contribution in [0.25, 0.3) is 0 Å². The van der Waals surface area contributed by atoms with Crippen molar-refractivity contribution in [2.45, 2.75) is 71.5 Å². The second-order valence-corrected chi connectivity index (χ2v) is 10.9. The second-order valence-electron chi connectivity index (χ2n) is 10.9. The summed E-state index contributed by atoms with van der Waals surface area (Å²) in [6, 6.07) is 24.4. The van der Waals surface area contributed by atoms with Crippen LogP contribution in [0.5, 0.6) is 11.5 Å². The fourth-order valence-corrected chi connectivity index (χ4v) is 4.40. The molecule has 0 fully saturated rings. The first-order valence-electron chi connectivity index (χ1n) is 13.6. The van der Waals surface area contributed by atoms with Gasteiger partial charge < -0.3 is 19.7 Å². The minimum atomic E-state index is -0.721. The molecule has 0 saturated carbocycles. The van der Waals surface area contributed by atoms with Crippen LogP contribution in [0.4, 0.5) is 0 Å². The molecule has 1 N–H and O–H groups in total. The van der Waals surface area contributed by atoms with E-state index in [4.69, 9.17) is 9.47 Å². The number of para-hydroxylation sites is 1. The van der Waals surface area contributed by atoms with E-state index >= 15 is 0 Å². The van der Waals surface area contributed by atoms with E-state index < -0.39 is 6.04 Å². The van der Waals surface area contributed by atoms with Crippen LogP contribution in [-0.2, 0) is 28.0 Å². The smallest absolute Gasteiger partial charge is 0.261 e. The number of hydrogen-bond acceptors (Lipinski definition) is 4. The second kappa shape index (κ2) is 13.8. The average molecular weight is 531 g/mol. The van der Waals surface area contributed by atoms with Gasteiger partial charge in [-0.2, -0.15) is 0 Å². The highest BCUT2D eigenvalue weighted by Crippen LogP contribution is 2.31. The van der Waals surface area contributed by atoms with E-state index in [9.17, 15) is 9.59 Å². The minimum absolute atomic E-state index is 0.0144. The summed E-state index contributed by atoms with van der Waals surface area (Å²) >= 11 is 0. The van der Waals surface area contributed by atoms with Gasteiger partial charge in [-0.25, -0.2) is 0 Å². The van der Waals surface area contributed by atoms with Crippen LogP contribution in [0.1, 0.15) is 57.7 Å². The Morgan fingerprint density at radius 1 is 0.923 bits per heavy atom. The Kier molecular flexibility index (Phi) is 10.6. The number of nitrogens with one attached hydrogen (secondary N) is 1. The van der Waals surface area contributed by atoms with Gasteiger partial charge in [0.2, 0.25) is 5.91 Å². The summed E-state index contributed by atoms with van der Waals surface area (Å²) in [5, 5.41) is 3.10. The lowest BCUT2D eigenvalue weighted by Gasteiger charge is -2.32. The summed E-state index contributed by atoms with van der Waals surface area (Å²) in [6.45, 7) is 10.4. The van der Waals surface area contributed by atoms with Crippen LogP contribution in [0.15, 0.2) is 78.9 Å². The molecule has 0 unspecified atom stereocenters. The van der Waals surface area contributed by atoms with E-state index in [1.807, 2.05) is 92.7 Å². The van der Waals surface area contributed by atoms with Crippen LogP contribution in [-0.4, -0.2) is 42.5 Å². The predicted octanol–water partition coefficient (Wildman–Crippen LogP) is 5.93. The third-order valence-electron chi connectivity index (χ3n) is 6.81. The highest BCUT2D eigenvalue weighted by atomic mass is 16.5. The van der Waals surface area contributed by atoms with Crippen LogP contribution >= 0.6 is 0 Å². The molecular weight excluding hydrogens is 488 g/mol. The number of nitrogens with zero attached hydrogens (tertiary/aromatic N) is 1. The van der Waals surface area contributed by atoms with Crippen LogP contribution in [0.3, 0.4) is 0 Å². The van der Waals surface area contributed by atoms with Crippen molar-refractivity contribution >= 4 is 11.8 Å². The molecule has 0 heterocycles. The van der Waals surface area contributed by atoms with Crippen LogP contribution < -0.4 is 14.8 Å². The molecule has 208 valence electrons. The van der Waals surface area contributed by atoms with Gasteiger partial charge in [-0.3, -0.25) is 9.59 Å². The SMILES string of the molecule is CC[C@H](C)NC(=O)[C@H](Cc1ccccc1)N(Cc1cccc(OC)c1)C(=O)COc1ccccc1C(C)(C)C. The lowest BCUT2D eigenvalue weighted by Crippen LogP contribution is -2.53. The van der Waals surface area contributed by atoms with Crippen molar-refractivity contribution in [3.05, 3.63) is 95.6 Å². The molecule has 0 aliphatic heterocycles. The minimum Gasteiger partial charge on any atom is -0.497 e. The topological polar surface area (TPSA) is 67.9 Å². The zero-order chi connectivity index (χ0) is 28.4. The molecule has 0 aliphatic rings. The van der Waals surface area contributed by atoms with E-state index in [0.29, 0.717) is 17.9 Å². The highest BCUT2D eigenvalue weighted by molar-refractivity contribution is 5.88. The average Bonchev–Trinajstić information content (AvgIpc) is 2.93. The molecular formula is C33H42N2O4. The van der Waals surface area contributed by atoms with Crippen molar-refractivity contribution in [2.75, 3.05) is 13.7 Å². The van der Waals surface area contributed by atoms with E-state index in [1.54, 1.807) is 12.0 Å². The van der Waals surface area contributed by atoms with Crippen molar-refractivity contribution in [3.63, 3.8) is 0 Å². The Morgan fingerprint density at radius 2 is 1.59 bits per heavy atom. The number of rotatable bonds is 12. The molecule has 0 aliphatic carbocycles. The third-order valence-corrected chi connectivity index (χ3v) is 6.81.